The van der Waals surface area contributed by atoms with E-state index in [-0.39, 0.29) is 12.4 Å². The number of para-hydroxylation sites is 1. The summed E-state index contributed by atoms with van der Waals surface area (Å²) in [6, 6.07) is 21.0. The third-order valence-electron chi connectivity index (χ3n) is 6.10. The number of hydrogen-bond donors (Lipinski definition) is 1. The van der Waals surface area contributed by atoms with Gasteiger partial charge in [-0.25, -0.2) is 4.68 Å². The van der Waals surface area contributed by atoms with E-state index in [1.54, 1.807) is 0 Å². The quantitative estimate of drug-likeness (QED) is 0.721. The van der Waals surface area contributed by atoms with Crippen LogP contribution < -0.4 is 5.32 Å². The van der Waals surface area contributed by atoms with Crippen LogP contribution in [0.15, 0.2) is 66.9 Å². The standard InChI is InChI=1S/C23H26N4.ClH/c1-3-7-19(8-4-1)22-20(16-27(25-22)21-9-5-2-6-10-21)15-26-14-12-23(18-26)11-13-24-17-23;/h1-10,16,24H,11-15,17-18H2;1H. The molecular formula is C23H27ClN4. The molecule has 1 spiro atoms. The van der Waals surface area contributed by atoms with Crippen molar-refractivity contribution in [3.05, 3.63) is 72.4 Å². The third kappa shape index (κ3) is 3.72. The molecule has 1 N–H and O–H groups in total. The Morgan fingerprint density at radius 1 is 0.964 bits per heavy atom. The first-order valence-electron chi connectivity index (χ1n) is 9.94. The van der Waals surface area contributed by atoms with Crippen LogP contribution in [-0.4, -0.2) is 40.9 Å². The van der Waals surface area contributed by atoms with E-state index in [9.17, 15) is 0 Å². The van der Waals surface area contributed by atoms with Crippen LogP contribution in [0.2, 0.25) is 0 Å². The van der Waals surface area contributed by atoms with Crippen molar-refractivity contribution in [2.24, 2.45) is 5.41 Å². The second-order valence-electron chi connectivity index (χ2n) is 8.04. The highest BCUT2D eigenvalue weighted by Gasteiger charge is 2.40. The van der Waals surface area contributed by atoms with Gasteiger partial charge in [-0.15, -0.1) is 12.4 Å². The number of benzene rings is 2. The van der Waals surface area contributed by atoms with Crippen LogP contribution in [0.5, 0.6) is 0 Å². The summed E-state index contributed by atoms with van der Waals surface area (Å²) in [6.45, 7) is 5.71. The molecule has 1 unspecified atom stereocenters. The second-order valence-corrected chi connectivity index (χ2v) is 8.04. The number of likely N-dealkylation sites (tertiary alicyclic amines) is 1. The first-order chi connectivity index (χ1) is 13.3. The van der Waals surface area contributed by atoms with Crippen LogP contribution in [0, 0.1) is 5.41 Å². The second kappa shape index (κ2) is 8.08. The van der Waals surface area contributed by atoms with Gasteiger partial charge in [0.2, 0.25) is 0 Å². The highest BCUT2D eigenvalue weighted by atomic mass is 35.5. The lowest BCUT2D eigenvalue weighted by Gasteiger charge is -2.22. The Labute approximate surface area is 173 Å². The summed E-state index contributed by atoms with van der Waals surface area (Å²) in [4.78, 5) is 2.62. The van der Waals surface area contributed by atoms with E-state index >= 15 is 0 Å². The lowest BCUT2D eigenvalue weighted by Crippen LogP contribution is -2.29. The van der Waals surface area contributed by atoms with Crippen molar-refractivity contribution in [2.45, 2.75) is 19.4 Å². The molecule has 2 aliphatic heterocycles. The van der Waals surface area contributed by atoms with Gasteiger partial charge < -0.3 is 5.32 Å². The zero-order valence-corrected chi connectivity index (χ0v) is 16.9. The Kier molecular flexibility index (Phi) is 5.54. The lowest BCUT2D eigenvalue weighted by molar-refractivity contribution is 0.269. The van der Waals surface area contributed by atoms with E-state index in [2.05, 4.69) is 71.0 Å². The number of halogens is 1. The van der Waals surface area contributed by atoms with Gasteiger partial charge in [-0.2, -0.15) is 5.10 Å². The van der Waals surface area contributed by atoms with Crippen molar-refractivity contribution >= 4 is 12.4 Å². The summed E-state index contributed by atoms with van der Waals surface area (Å²) in [5.74, 6) is 0. The fourth-order valence-electron chi connectivity index (χ4n) is 4.62. The summed E-state index contributed by atoms with van der Waals surface area (Å²) in [7, 11) is 0. The first kappa shape index (κ1) is 19.2. The summed E-state index contributed by atoms with van der Waals surface area (Å²) in [6.07, 6.45) is 4.85. The molecule has 3 aromatic rings. The molecule has 2 aromatic carbocycles. The summed E-state index contributed by atoms with van der Waals surface area (Å²) in [5.41, 5.74) is 5.22. The average molecular weight is 395 g/mol. The van der Waals surface area contributed by atoms with E-state index in [0.717, 1.165) is 17.9 Å². The number of nitrogens with zero attached hydrogens (tertiary/aromatic N) is 3. The predicted octanol–water partition coefficient (Wildman–Crippen LogP) is 4.15. The van der Waals surface area contributed by atoms with Gasteiger partial charge in [0.15, 0.2) is 0 Å². The maximum absolute atomic E-state index is 4.96. The Morgan fingerprint density at radius 2 is 1.71 bits per heavy atom. The van der Waals surface area contributed by atoms with Crippen LogP contribution in [0.4, 0.5) is 0 Å². The van der Waals surface area contributed by atoms with Crippen LogP contribution in [0.1, 0.15) is 18.4 Å². The molecule has 28 heavy (non-hydrogen) atoms. The van der Waals surface area contributed by atoms with Crippen molar-refractivity contribution < 1.29 is 0 Å². The van der Waals surface area contributed by atoms with E-state index in [0.29, 0.717) is 5.41 Å². The number of aromatic nitrogens is 2. The van der Waals surface area contributed by atoms with Gasteiger partial charge in [-0.1, -0.05) is 48.5 Å². The Balaban J connectivity index is 0.00000192. The lowest BCUT2D eigenvalue weighted by atomic mass is 9.86. The van der Waals surface area contributed by atoms with Crippen molar-refractivity contribution in [3.63, 3.8) is 0 Å². The zero-order valence-electron chi connectivity index (χ0n) is 16.1. The van der Waals surface area contributed by atoms with E-state index in [4.69, 9.17) is 5.10 Å². The molecule has 0 aliphatic carbocycles. The third-order valence-corrected chi connectivity index (χ3v) is 6.10. The van der Waals surface area contributed by atoms with Crippen LogP contribution in [-0.2, 0) is 6.54 Å². The number of nitrogens with one attached hydrogen (secondary N) is 1. The normalized spacial score (nSPS) is 21.9. The van der Waals surface area contributed by atoms with E-state index < -0.39 is 0 Å². The predicted molar refractivity (Wildman–Crippen MR) is 116 cm³/mol. The minimum Gasteiger partial charge on any atom is -0.316 e. The molecule has 0 bridgehead atoms. The SMILES string of the molecule is Cl.c1ccc(-c2nn(-c3ccccc3)cc2CN2CCC3(CCNC3)C2)cc1. The Morgan fingerprint density at radius 3 is 2.43 bits per heavy atom. The molecule has 0 amide bonds. The molecule has 2 aliphatic rings. The van der Waals surface area contributed by atoms with Gasteiger partial charge in [0.25, 0.3) is 0 Å². The van der Waals surface area contributed by atoms with Crippen molar-refractivity contribution in [3.8, 4) is 16.9 Å². The molecule has 5 rings (SSSR count). The molecule has 1 aromatic heterocycles. The molecule has 2 saturated heterocycles. The van der Waals surface area contributed by atoms with E-state index in [1.165, 1.54) is 50.1 Å². The molecular weight excluding hydrogens is 368 g/mol. The summed E-state index contributed by atoms with van der Waals surface area (Å²) in [5, 5.41) is 8.52. The minimum absolute atomic E-state index is 0. The Bertz CT molecular complexity index is 901. The molecule has 5 heteroatoms. The number of rotatable bonds is 4. The van der Waals surface area contributed by atoms with Crippen LogP contribution in [0.3, 0.4) is 0 Å². The molecule has 4 nitrogen and oxygen atoms in total. The fraction of sp³-hybridized carbons (Fsp3) is 0.348. The minimum atomic E-state index is 0. The number of hydrogen-bond acceptors (Lipinski definition) is 3. The molecule has 2 fully saturated rings. The van der Waals surface area contributed by atoms with Crippen molar-refractivity contribution in [1.29, 1.82) is 0 Å². The molecule has 0 saturated carbocycles. The Hall–Kier alpha value is -2.14. The van der Waals surface area contributed by atoms with Crippen molar-refractivity contribution in [1.82, 2.24) is 20.0 Å². The fourth-order valence-corrected chi connectivity index (χ4v) is 4.62. The highest BCUT2D eigenvalue weighted by Crippen LogP contribution is 2.37. The maximum atomic E-state index is 4.96. The van der Waals surface area contributed by atoms with Gasteiger partial charge in [0.05, 0.1) is 11.4 Å². The highest BCUT2D eigenvalue weighted by molar-refractivity contribution is 5.85. The molecule has 3 heterocycles. The van der Waals surface area contributed by atoms with Crippen LogP contribution in [0.25, 0.3) is 16.9 Å². The topological polar surface area (TPSA) is 33.1 Å². The average Bonchev–Trinajstić information content (AvgIpc) is 3.45. The zero-order chi connectivity index (χ0) is 18.1. The van der Waals surface area contributed by atoms with Gasteiger partial charge >= 0.3 is 0 Å². The van der Waals surface area contributed by atoms with Crippen LogP contribution >= 0.6 is 12.4 Å². The largest absolute Gasteiger partial charge is 0.316 e. The van der Waals surface area contributed by atoms with Gasteiger partial charge in [-0.3, -0.25) is 4.90 Å². The monoisotopic (exact) mass is 394 g/mol. The summed E-state index contributed by atoms with van der Waals surface area (Å²) >= 11 is 0. The summed E-state index contributed by atoms with van der Waals surface area (Å²) < 4.78 is 2.03. The van der Waals surface area contributed by atoms with Crippen molar-refractivity contribution in [2.75, 3.05) is 26.2 Å². The molecule has 0 radical (unpaired) electrons. The first-order valence-corrected chi connectivity index (χ1v) is 9.94. The molecule has 146 valence electrons. The smallest absolute Gasteiger partial charge is 0.0972 e. The van der Waals surface area contributed by atoms with Gasteiger partial charge in [-0.05, 0) is 43.5 Å². The van der Waals surface area contributed by atoms with E-state index in [1.807, 2.05) is 10.7 Å². The van der Waals surface area contributed by atoms with Gasteiger partial charge in [0.1, 0.15) is 0 Å². The maximum Gasteiger partial charge on any atom is 0.0972 e. The van der Waals surface area contributed by atoms with Gasteiger partial charge in [0, 0.05) is 37.0 Å². The molecule has 1 atom stereocenters.